The van der Waals surface area contributed by atoms with E-state index in [1.807, 2.05) is 91.9 Å². The van der Waals surface area contributed by atoms with Crippen LogP contribution in [-0.2, 0) is 9.59 Å². The third-order valence-corrected chi connectivity index (χ3v) is 4.73. The van der Waals surface area contributed by atoms with Crippen LogP contribution >= 0.6 is 0 Å². The molecule has 0 fully saturated rings. The highest BCUT2D eigenvalue weighted by Crippen LogP contribution is 2.21. The van der Waals surface area contributed by atoms with E-state index in [1.165, 1.54) is 0 Å². The number of nitrogens with one attached hydrogen (secondary N) is 2. The topological polar surface area (TPSA) is 61.4 Å². The molecular formula is C25H27N3O2. The predicted molar refractivity (Wildman–Crippen MR) is 120 cm³/mol. The number of benzene rings is 3. The van der Waals surface area contributed by atoms with Crippen LogP contribution in [0.15, 0.2) is 84.9 Å². The van der Waals surface area contributed by atoms with E-state index in [0.717, 1.165) is 22.4 Å². The Morgan fingerprint density at radius 1 is 0.767 bits per heavy atom. The van der Waals surface area contributed by atoms with Gasteiger partial charge in [0.2, 0.25) is 11.8 Å². The minimum absolute atomic E-state index is 0.123. The molecule has 0 saturated carbocycles. The van der Waals surface area contributed by atoms with Crippen molar-refractivity contribution in [3.05, 3.63) is 102 Å². The maximum absolute atomic E-state index is 12.7. The summed E-state index contributed by atoms with van der Waals surface area (Å²) in [6, 6.07) is 27.1. The Morgan fingerprint density at radius 2 is 1.27 bits per heavy atom. The van der Waals surface area contributed by atoms with Crippen molar-refractivity contribution in [1.29, 1.82) is 0 Å². The normalized spacial score (nSPS) is 10.8. The number of amides is 2. The standard InChI is InChI=1S/C25H27N3O2/c1-19-13-15-22(16-14-19)26-23(29)17-28(2)18-24(30)27-25(20-9-5-3-6-10-20)21-11-7-4-8-12-21/h3-16,25H,17-18H2,1-2H3,(H,26,29)(H,27,30). The van der Waals surface area contributed by atoms with Crippen molar-refractivity contribution in [3.8, 4) is 0 Å². The maximum atomic E-state index is 12.7. The van der Waals surface area contributed by atoms with Crippen molar-refractivity contribution in [2.45, 2.75) is 13.0 Å². The number of nitrogens with zero attached hydrogens (tertiary/aromatic N) is 1. The average molecular weight is 402 g/mol. The molecular weight excluding hydrogens is 374 g/mol. The summed E-state index contributed by atoms with van der Waals surface area (Å²) < 4.78 is 0. The third-order valence-electron chi connectivity index (χ3n) is 4.73. The molecule has 0 unspecified atom stereocenters. The van der Waals surface area contributed by atoms with Gasteiger partial charge in [0.1, 0.15) is 0 Å². The summed E-state index contributed by atoms with van der Waals surface area (Å²) in [4.78, 5) is 26.7. The molecule has 5 nitrogen and oxygen atoms in total. The van der Waals surface area contributed by atoms with E-state index < -0.39 is 0 Å². The number of rotatable bonds is 8. The van der Waals surface area contributed by atoms with Crippen LogP contribution in [0.25, 0.3) is 0 Å². The van der Waals surface area contributed by atoms with Gasteiger partial charge in [0.05, 0.1) is 19.1 Å². The molecule has 0 spiro atoms. The first-order valence-electron chi connectivity index (χ1n) is 9.95. The Kier molecular flexibility index (Phi) is 7.35. The van der Waals surface area contributed by atoms with Gasteiger partial charge in [-0.25, -0.2) is 0 Å². The van der Waals surface area contributed by atoms with E-state index in [0.29, 0.717) is 0 Å². The molecule has 3 rings (SSSR count). The number of likely N-dealkylation sites (N-methyl/N-ethyl adjacent to an activating group) is 1. The minimum Gasteiger partial charge on any atom is -0.344 e. The Morgan fingerprint density at radius 3 is 1.80 bits per heavy atom. The van der Waals surface area contributed by atoms with Crippen LogP contribution in [0.3, 0.4) is 0 Å². The highest BCUT2D eigenvalue weighted by molar-refractivity contribution is 5.92. The second-order valence-electron chi connectivity index (χ2n) is 7.41. The van der Waals surface area contributed by atoms with Crippen LogP contribution < -0.4 is 10.6 Å². The summed E-state index contributed by atoms with van der Waals surface area (Å²) in [6.07, 6.45) is 0. The SMILES string of the molecule is Cc1ccc(NC(=O)CN(C)CC(=O)NC(c2ccccc2)c2ccccc2)cc1. The first-order chi connectivity index (χ1) is 14.5. The second-order valence-corrected chi connectivity index (χ2v) is 7.41. The van der Waals surface area contributed by atoms with Gasteiger partial charge in [0.25, 0.3) is 0 Å². The molecule has 0 radical (unpaired) electrons. The lowest BCUT2D eigenvalue weighted by atomic mass is 9.99. The zero-order valence-electron chi connectivity index (χ0n) is 17.3. The highest BCUT2D eigenvalue weighted by atomic mass is 16.2. The van der Waals surface area contributed by atoms with Gasteiger partial charge in [-0.3, -0.25) is 14.5 Å². The maximum Gasteiger partial charge on any atom is 0.238 e. The molecule has 154 valence electrons. The Bertz CT molecular complexity index is 917. The van der Waals surface area contributed by atoms with Crippen LogP contribution in [0.5, 0.6) is 0 Å². The monoisotopic (exact) mass is 401 g/mol. The van der Waals surface area contributed by atoms with Crippen LogP contribution in [-0.4, -0.2) is 36.9 Å². The first-order valence-corrected chi connectivity index (χ1v) is 9.95. The molecule has 2 amide bonds. The van der Waals surface area contributed by atoms with E-state index in [1.54, 1.807) is 11.9 Å². The summed E-state index contributed by atoms with van der Waals surface area (Å²) in [6.45, 7) is 2.25. The third kappa shape index (κ3) is 6.29. The van der Waals surface area contributed by atoms with Crippen LogP contribution in [0.1, 0.15) is 22.7 Å². The van der Waals surface area contributed by atoms with E-state index in [-0.39, 0.29) is 30.9 Å². The molecule has 0 aromatic heterocycles. The number of hydrogen-bond donors (Lipinski definition) is 2. The van der Waals surface area contributed by atoms with E-state index in [9.17, 15) is 9.59 Å². The Hall–Kier alpha value is -3.44. The molecule has 0 aliphatic heterocycles. The number of carbonyl (C=O) groups is 2. The number of hydrogen-bond acceptors (Lipinski definition) is 3. The van der Waals surface area contributed by atoms with Gasteiger partial charge in [0.15, 0.2) is 0 Å². The highest BCUT2D eigenvalue weighted by Gasteiger charge is 2.18. The summed E-state index contributed by atoms with van der Waals surface area (Å²) in [7, 11) is 1.76. The van der Waals surface area contributed by atoms with Gasteiger partial charge >= 0.3 is 0 Å². The summed E-state index contributed by atoms with van der Waals surface area (Å²) in [5, 5.41) is 5.95. The summed E-state index contributed by atoms with van der Waals surface area (Å²) >= 11 is 0. The molecule has 0 bridgehead atoms. The van der Waals surface area contributed by atoms with Crippen molar-refractivity contribution < 1.29 is 9.59 Å². The summed E-state index contributed by atoms with van der Waals surface area (Å²) in [5.41, 5.74) is 3.90. The van der Waals surface area contributed by atoms with Crippen molar-refractivity contribution in [1.82, 2.24) is 10.2 Å². The molecule has 0 atom stereocenters. The molecule has 0 aliphatic rings. The molecule has 3 aromatic rings. The van der Waals surface area contributed by atoms with E-state index in [4.69, 9.17) is 0 Å². The average Bonchev–Trinajstić information content (AvgIpc) is 2.74. The number of anilines is 1. The zero-order valence-corrected chi connectivity index (χ0v) is 17.3. The largest absolute Gasteiger partial charge is 0.344 e. The Balaban J connectivity index is 1.58. The lowest BCUT2D eigenvalue weighted by molar-refractivity contribution is -0.123. The van der Waals surface area contributed by atoms with Gasteiger partial charge < -0.3 is 10.6 Å². The molecule has 0 saturated heterocycles. The molecule has 5 heteroatoms. The smallest absolute Gasteiger partial charge is 0.238 e. The van der Waals surface area contributed by atoms with Crippen molar-refractivity contribution >= 4 is 17.5 Å². The second kappa shape index (κ2) is 10.4. The van der Waals surface area contributed by atoms with E-state index in [2.05, 4.69) is 10.6 Å². The van der Waals surface area contributed by atoms with Gasteiger partial charge in [0, 0.05) is 5.69 Å². The number of aryl methyl sites for hydroxylation is 1. The van der Waals surface area contributed by atoms with Crippen LogP contribution in [0.4, 0.5) is 5.69 Å². The quantitative estimate of drug-likeness (QED) is 0.604. The molecule has 0 heterocycles. The van der Waals surface area contributed by atoms with E-state index >= 15 is 0 Å². The summed E-state index contributed by atoms with van der Waals surface area (Å²) in [5.74, 6) is -0.296. The lowest BCUT2D eigenvalue weighted by Crippen LogP contribution is -2.40. The fraction of sp³-hybridized carbons (Fsp3) is 0.200. The van der Waals surface area contributed by atoms with Gasteiger partial charge in [-0.2, -0.15) is 0 Å². The van der Waals surface area contributed by atoms with Crippen LogP contribution in [0.2, 0.25) is 0 Å². The van der Waals surface area contributed by atoms with Crippen molar-refractivity contribution in [2.24, 2.45) is 0 Å². The predicted octanol–water partition coefficient (Wildman–Crippen LogP) is 3.77. The van der Waals surface area contributed by atoms with Crippen molar-refractivity contribution in [3.63, 3.8) is 0 Å². The molecule has 3 aromatic carbocycles. The van der Waals surface area contributed by atoms with Gasteiger partial charge in [-0.05, 0) is 37.2 Å². The minimum atomic E-state index is -0.241. The fourth-order valence-corrected chi connectivity index (χ4v) is 3.24. The molecule has 2 N–H and O–H groups in total. The number of carbonyl (C=O) groups excluding carboxylic acids is 2. The van der Waals surface area contributed by atoms with Gasteiger partial charge in [-0.1, -0.05) is 78.4 Å². The fourth-order valence-electron chi connectivity index (χ4n) is 3.24. The molecule has 0 aliphatic carbocycles. The first kappa shape index (κ1) is 21.3. The van der Waals surface area contributed by atoms with Gasteiger partial charge in [-0.15, -0.1) is 0 Å². The zero-order chi connectivity index (χ0) is 21.3. The van der Waals surface area contributed by atoms with Crippen molar-refractivity contribution in [2.75, 3.05) is 25.5 Å². The lowest BCUT2D eigenvalue weighted by Gasteiger charge is -2.22. The Labute approximate surface area is 177 Å². The molecule has 30 heavy (non-hydrogen) atoms. The van der Waals surface area contributed by atoms with Crippen LogP contribution in [0, 0.1) is 6.92 Å².